The molecule has 4 amide bonds. The predicted octanol–water partition coefficient (Wildman–Crippen LogP) is 1.46. The second-order valence-electron chi connectivity index (χ2n) is 5.80. The van der Waals surface area contributed by atoms with E-state index in [4.69, 9.17) is 5.26 Å². The summed E-state index contributed by atoms with van der Waals surface area (Å²) in [6.07, 6.45) is 0.535. The van der Waals surface area contributed by atoms with Crippen LogP contribution >= 0.6 is 0 Å². The third-order valence-electron chi connectivity index (χ3n) is 3.39. The molecule has 1 aliphatic heterocycles. The highest BCUT2D eigenvalue weighted by molar-refractivity contribution is 6.07. The summed E-state index contributed by atoms with van der Waals surface area (Å²) in [5, 5.41) is 14.0. The van der Waals surface area contributed by atoms with Crippen LogP contribution in [0.2, 0.25) is 0 Å². The van der Waals surface area contributed by atoms with Crippen molar-refractivity contribution in [1.82, 2.24) is 10.2 Å². The maximum atomic E-state index is 12.2. The standard InChI is InChI=1S/C16H18N4O3/c1-10(2)6-13-15(22)20(16(23)19-13)9-14(21)18-12-5-3-4-11(7-12)8-17/h3-5,7,10,13H,6,9H2,1-2H3,(H,18,21)(H,19,23)/t13-/m1/s1. The van der Waals surface area contributed by atoms with Gasteiger partial charge >= 0.3 is 6.03 Å². The first kappa shape index (κ1) is 16.5. The van der Waals surface area contributed by atoms with E-state index in [0.29, 0.717) is 17.7 Å². The van der Waals surface area contributed by atoms with E-state index in [2.05, 4.69) is 10.6 Å². The number of urea groups is 1. The van der Waals surface area contributed by atoms with E-state index in [9.17, 15) is 14.4 Å². The summed E-state index contributed by atoms with van der Waals surface area (Å²) in [5.74, 6) is -0.620. The summed E-state index contributed by atoms with van der Waals surface area (Å²) < 4.78 is 0. The van der Waals surface area contributed by atoms with Crippen LogP contribution in [0, 0.1) is 17.2 Å². The Hall–Kier alpha value is -2.88. The van der Waals surface area contributed by atoms with Gasteiger partial charge in [0.25, 0.3) is 5.91 Å². The van der Waals surface area contributed by atoms with E-state index < -0.39 is 18.0 Å². The molecule has 0 aliphatic carbocycles. The summed E-state index contributed by atoms with van der Waals surface area (Å²) in [5.41, 5.74) is 0.856. The Morgan fingerprint density at radius 2 is 2.17 bits per heavy atom. The summed E-state index contributed by atoms with van der Waals surface area (Å²) in [6.45, 7) is 3.56. The van der Waals surface area contributed by atoms with Gasteiger partial charge in [-0.05, 0) is 30.5 Å². The van der Waals surface area contributed by atoms with E-state index >= 15 is 0 Å². The number of nitriles is 1. The monoisotopic (exact) mass is 314 g/mol. The van der Waals surface area contributed by atoms with E-state index in [0.717, 1.165) is 4.90 Å². The molecule has 7 nitrogen and oxygen atoms in total. The van der Waals surface area contributed by atoms with E-state index in [1.165, 1.54) is 6.07 Å². The summed E-state index contributed by atoms with van der Waals surface area (Å²) in [7, 11) is 0. The summed E-state index contributed by atoms with van der Waals surface area (Å²) in [6, 6.07) is 7.25. The van der Waals surface area contributed by atoms with Gasteiger partial charge in [0.05, 0.1) is 11.6 Å². The topological polar surface area (TPSA) is 102 Å². The second kappa shape index (κ2) is 6.92. The number of benzene rings is 1. The van der Waals surface area contributed by atoms with Crippen molar-refractivity contribution in [2.24, 2.45) is 5.92 Å². The Morgan fingerprint density at radius 3 is 2.83 bits per heavy atom. The molecule has 23 heavy (non-hydrogen) atoms. The quantitative estimate of drug-likeness (QED) is 0.803. The number of nitrogens with one attached hydrogen (secondary N) is 2. The van der Waals surface area contributed by atoms with E-state index in [1.807, 2.05) is 19.9 Å². The number of carbonyl (C=O) groups excluding carboxylic acids is 3. The first-order valence-electron chi connectivity index (χ1n) is 7.32. The molecule has 1 saturated heterocycles. The minimum Gasteiger partial charge on any atom is -0.326 e. The molecule has 0 unspecified atom stereocenters. The van der Waals surface area contributed by atoms with Crippen LogP contribution in [-0.4, -0.2) is 35.3 Å². The zero-order chi connectivity index (χ0) is 17.0. The lowest BCUT2D eigenvalue weighted by Gasteiger charge is -2.13. The van der Waals surface area contributed by atoms with Gasteiger partial charge in [0, 0.05) is 5.69 Å². The molecule has 1 atom stereocenters. The lowest BCUT2D eigenvalue weighted by Crippen LogP contribution is -2.38. The average Bonchev–Trinajstić information content (AvgIpc) is 2.74. The Balaban J connectivity index is 1.98. The SMILES string of the molecule is CC(C)C[C@H]1NC(=O)N(CC(=O)Nc2cccc(C#N)c2)C1=O. The molecule has 0 spiro atoms. The molecule has 1 fully saturated rings. The molecule has 1 aromatic rings. The van der Waals surface area contributed by atoms with Crippen molar-refractivity contribution in [3.05, 3.63) is 29.8 Å². The number of hydrogen-bond donors (Lipinski definition) is 2. The third kappa shape index (κ3) is 4.07. The number of anilines is 1. The number of amides is 4. The Labute approximate surface area is 134 Å². The van der Waals surface area contributed by atoms with Crippen molar-refractivity contribution in [2.45, 2.75) is 26.3 Å². The van der Waals surface area contributed by atoms with Gasteiger partial charge in [0.15, 0.2) is 0 Å². The Morgan fingerprint density at radius 1 is 1.43 bits per heavy atom. The van der Waals surface area contributed by atoms with Gasteiger partial charge in [0.1, 0.15) is 12.6 Å². The maximum Gasteiger partial charge on any atom is 0.325 e. The van der Waals surface area contributed by atoms with Gasteiger partial charge in [-0.25, -0.2) is 4.79 Å². The zero-order valence-electron chi connectivity index (χ0n) is 13.0. The fraction of sp³-hybridized carbons (Fsp3) is 0.375. The minimum atomic E-state index is -0.572. The van der Waals surface area contributed by atoms with Crippen LogP contribution in [-0.2, 0) is 9.59 Å². The molecule has 0 radical (unpaired) electrons. The van der Waals surface area contributed by atoms with Gasteiger partial charge in [0.2, 0.25) is 5.91 Å². The lowest BCUT2D eigenvalue weighted by molar-refractivity contribution is -0.131. The maximum absolute atomic E-state index is 12.2. The van der Waals surface area contributed by atoms with Crippen LogP contribution in [0.3, 0.4) is 0 Å². The van der Waals surface area contributed by atoms with Crippen LogP contribution in [0.4, 0.5) is 10.5 Å². The fourth-order valence-corrected chi connectivity index (χ4v) is 2.37. The minimum absolute atomic E-state index is 0.256. The molecule has 2 rings (SSSR count). The Kier molecular flexibility index (Phi) is 4.96. The molecule has 0 bridgehead atoms. The number of nitrogens with zero attached hydrogens (tertiary/aromatic N) is 2. The molecule has 120 valence electrons. The second-order valence-corrected chi connectivity index (χ2v) is 5.80. The van der Waals surface area contributed by atoms with Gasteiger partial charge in [-0.2, -0.15) is 5.26 Å². The highest BCUT2D eigenvalue weighted by Gasteiger charge is 2.38. The molecule has 2 N–H and O–H groups in total. The number of hydrogen-bond acceptors (Lipinski definition) is 4. The highest BCUT2D eigenvalue weighted by atomic mass is 16.2. The average molecular weight is 314 g/mol. The summed E-state index contributed by atoms with van der Waals surface area (Å²) in [4.78, 5) is 36.9. The van der Waals surface area contributed by atoms with Crippen LogP contribution in [0.25, 0.3) is 0 Å². The Bertz CT molecular complexity index is 678. The van der Waals surface area contributed by atoms with E-state index in [1.54, 1.807) is 18.2 Å². The van der Waals surface area contributed by atoms with Crippen molar-refractivity contribution in [1.29, 1.82) is 5.26 Å². The molecule has 1 aromatic carbocycles. The molecular weight excluding hydrogens is 296 g/mol. The molecule has 1 aliphatic rings. The van der Waals surface area contributed by atoms with Crippen molar-refractivity contribution in [3.63, 3.8) is 0 Å². The largest absolute Gasteiger partial charge is 0.326 e. The van der Waals surface area contributed by atoms with Crippen molar-refractivity contribution < 1.29 is 14.4 Å². The fourth-order valence-electron chi connectivity index (χ4n) is 2.37. The van der Waals surface area contributed by atoms with Crippen LogP contribution in [0.1, 0.15) is 25.8 Å². The lowest BCUT2D eigenvalue weighted by atomic mass is 10.0. The summed E-state index contributed by atoms with van der Waals surface area (Å²) >= 11 is 0. The van der Waals surface area contributed by atoms with Crippen molar-refractivity contribution >= 4 is 23.5 Å². The van der Waals surface area contributed by atoms with Gasteiger partial charge < -0.3 is 10.6 Å². The highest BCUT2D eigenvalue weighted by Crippen LogP contribution is 2.15. The zero-order valence-corrected chi connectivity index (χ0v) is 13.0. The predicted molar refractivity (Wildman–Crippen MR) is 83.3 cm³/mol. The normalized spacial score (nSPS) is 17.1. The molecule has 0 aromatic heterocycles. The van der Waals surface area contributed by atoms with Crippen molar-refractivity contribution in [3.8, 4) is 6.07 Å². The van der Waals surface area contributed by atoms with Crippen LogP contribution < -0.4 is 10.6 Å². The van der Waals surface area contributed by atoms with Gasteiger partial charge in [-0.15, -0.1) is 0 Å². The number of imide groups is 1. The molecule has 7 heteroatoms. The third-order valence-corrected chi connectivity index (χ3v) is 3.39. The van der Waals surface area contributed by atoms with Crippen LogP contribution in [0.15, 0.2) is 24.3 Å². The van der Waals surface area contributed by atoms with Crippen molar-refractivity contribution in [2.75, 3.05) is 11.9 Å². The smallest absolute Gasteiger partial charge is 0.325 e. The van der Waals surface area contributed by atoms with Gasteiger partial charge in [-0.1, -0.05) is 19.9 Å². The number of rotatable bonds is 5. The first-order chi connectivity index (χ1) is 10.9. The van der Waals surface area contributed by atoms with Crippen LogP contribution in [0.5, 0.6) is 0 Å². The molecular formula is C16H18N4O3. The first-order valence-corrected chi connectivity index (χ1v) is 7.32. The molecule has 0 saturated carbocycles. The van der Waals surface area contributed by atoms with Gasteiger partial charge in [-0.3, -0.25) is 14.5 Å². The van der Waals surface area contributed by atoms with E-state index in [-0.39, 0.29) is 18.4 Å². The molecule has 1 heterocycles. The number of carbonyl (C=O) groups is 3.